The molecule has 0 radical (unpaired) electrons. The van der Waals surface area contributed by atoms with E-state index in [-0.39, 0.29) is 49.3 Å². The first-order valence-electron chi connectivity index (χ1n) is 19.3. The van der Waals surface area contributed by atoms with Gasteiger partial charge in [-0.05, 0) is 94.0 Å². The molecule has 0 spiro atoms. The van der Waals surface area contributed by atoms with E-state index in [1.807, 2.05) is 36.2 Å². The van der Waals surface area contributed by atoms with Crippen molar-refractivity contribution < 1.29 is 25.2 Å². The Bertz CT molecular complexity index is 1730. The van der Waals surface area contributed by atoms with Crippen LogP contribution >= 0.6 is 8.53 Å². The topological polar surface area (TPSA) is 113 Å². The monoisotopic (exact) mass is 760 g/mol. The van der Waals surface area contributed by atoms with Crippen LogP contribution in [0.2, 0.25) is 0 Å². The maximum Gasteiger partial charge on any atom is 0.269 e. The first-order chi connectivity index (χ1) is 26.9. The quantitative estimate of drug-likeness (QED) is 0.0342. The maximum atomic E-state index is 13.4. The Balaban J connectivity index is 0.00000271. The highest BCUT2D eigenvalue weighted by Gasteiger charge is 2.37. The van der Waals surface area contributed by atoms with Crippen molar-refractivity contribution in [3.05, 3.63) is 117 Å². The van der Waals surface area contributed by atoms with Crippen LogP contribution in [0.25, 0.3) is 29.1 Å². The first-order valence-corrected chi connectivity index (χ1v) is 19.3. The number of anilines is 1. The number of carbonyl (C=O) groups is 1. The van der Waals surface area contributed by atoms with Crippen molar-refractivity contribution in [2.24, 2.45) is 0 Å². The predicted octanol–water partition coefficient (Wildman–Crippen LogP) is 9.05. The molecule has 12 heteroatoms. The molecular formula is C42H56N5O6P. The van der Waals surface area contributed by atoms with Gasteiger partial charge >= 0.3 is 0 Å². The highest BCUT2D eigenvalue weighted by Crippen LogP contribution is 2.48. The molecule has 0 aliphatic carbocycles. The standard InChI is InChI=1S/C41H52N5O5P.CH4O/c1-31(2)45(32(3)4)52(50-28-26-42-6)51-40-29-33(5)44(30-40)41(47)9-8-27-43(7)38-22-18-36(19-23-38)16-14-34-10-12-35(13-11-34)15-17-37-20-24-39(25-21-37)46(48)49;1-2/h10-25,31-33,40H,8-9,26-30H2,1-5,7H3;2H,1H3/b16-14+,17-15+;/t33-,40-,52?;/m1./s1/i5D;2T. The Morgan fingerprint density at radius 1 is 1.04 bits per heavy atom. The number of benzene rings is 3. The van der Waals surface area contributed by atoms with Crippen LogP contribution in [0.1, 0.15) is 77.5 Å². The van der Waals surface area contributed by atoms with Crippen LogP contribution in [0.15, 0.2) is 72.8 Å². The van der Waals surface area contributed by atoms with E-state index in [1.54, 1.807) is 12.1 Å². The summed E-state index contributed by atoms with van der Waals surface area (Å²) in [5, 5.41) is 14.4. The predicted molar refractivity (Wildman–Crippen MR) is 222 cm³/mol. The summed E-state index contributed by atoms with van der Waals surface area (Å²) >= 11 is 0. The Hall–Kier alpha value is -4.43. The van der Waals surface area contributed by atoms with E-state index in [4.69, 9.17) is 18.4 Å². The Kier molecular flexibility index (Phi) is 17.1. The van der Waals surface area contributed by atoms with Gasteiger partial charge in [0, 0.05) is 71.0 Å². The molecule has 0 aromatic heterocycles. The summed E-state index contributed by atoms with van der Waals surface area (Å²) in [4.78, 5) is 31.2. The van der Waals surface area contributed by atoms with E-state index in [0.29, 0.717) is 32.4 Å². The number of likely N-dealkylation sites (tertiary alicyclic amines) is 1. The highest BCUT2D eigenvalue weighted by atomic mass is 31.2. The van der Waals surface area contributed by atoms with Crippen LogP contribution in [0.4, 0.5) is 11.4 Å². The lowest BCUT2D eigenvalue weighted by molar-refractivity contribution is -0.384. The molecule has 3 atom stereocenters. The molecular weight excluding hydrogens is 701 g/mol. The molecule has 1 aliphatic rings. The number of non-ortho nitro benzene ring substituents is 1. The Morgan fingerprint density at radius 2 is 1.54 bits per heavy atom. The van der Waals surface area contributed by atoms with Crippen molar-refractivity contribution in [2.75, 3.05) is 45.3 Å². The molecule has 1 saturated heterocycles. The maximum absolute atomic E-state index is 13.4. The number of nitro benzene ring substituents is 1. The van der Waals surface area contributed by atoms with Gasteiger partial charge in [-0.25, -0.2) is 11.2 Å². The molecule has 1 aliphatic heterocycles. The summed E-state index contributed by atoms with van der Waals surface area (Å²) in [6.45, 7) is 17.4. The summed E-state index contributed by atoms with van der Waals surface area (Å²) in [5.74, 6) is 0.0543. The SMILES string of the molecule is [2H]C[C@@H]1C[C@@H](OP(OCC[N+]#[C-])N(C(C)C)C(C)C)CN1C(=O)CCCN(C)c1ccc(/C=C/c2ccc(/C=C/c3ccc([N+](=O)[O-])cc3)cc2)cc1.[3H]OC. The normalized spacial score (nSPS) is 16.7. The molecule has 1 unspecified atom stereocenters. The van der Waals surface area contributed by atoms with Gasteiger partial charge in [-0.3, -0.25) is 14.9 Å². The summed E-state index contributed by atoms with van der Waals surface area (Å²) in [5.41, 5.74) is 5.24. The van der Waals surface area contributed by atoms with Gasteiger partial charge in [0.25, 0.3) is 14.2 Å². The van der Waals surface area contributed by atoms with E-state index in [1.165, 1.54) is 19.2 Å². The van der Waals surface area contributed by atoms with Gasteiger partial charge in [0.05, 0.1) is 11.0 Å². The molecule has 54 heavy (non-hydrogen) atoms. The number of nitro groups is 1. The van der Waals surface area contributed by atoms with Crippen molar-refractivity contribution in [1.29, 1.82) is 1.43 Å². The van der Waals surface area contributed by atoms with Gasteiger partial charge in [-0.15, -0.1) is 0 Å². The molecule has 4 rings (SSSR count). The molecule has 11 nitrogen and oxygen atoms in total. The average Bonchev–Trinajstić information content (AvgIpc) is 3.60. The molecule has 1 heterocycles. The fourth-order valence-electron chi connectivity index (χ4n) is 6.06. The van der Waals surface area contributed by atoms with Crippen LogP contribution in [-0.4, -0.2) is 91.6 Å². The highest BCUT2D eigenvalue weighted by molar-refractivity contribution is 7.44. The second-order valence-electron chi connectivity index (χ2n) is 13.5. The van der Waals surface area contributed by atoms with Gasteiger partial charge in [0.1, 0.15) is 6.61 Å². The van der Waals surface area contributed by atoms with Crippen LogP contribution < -0.4 is 4.90 Å². The fraction of sp³-hybridized carbons (Fsp3) is 0.429. The van der Waals surface area contributed by atoms with Crippen LogP contribution in [0, 0.1) is 16.7 Å². The van der Waals surface area contributed by atoms with E-state index < -0.39 is 13.4 Å². The summed E-state index contributed by atoms with van der Waals surface area (Å²) in [6, 6.07) is 23.2. The van der Waals surface area contributed by atoms with E-state index in [2.05, 4.69) is 95.8 Å². The third-order valence-electron chi connectivity index (χ3n) is 8.78. The number of nitrogens with zero attached hydrogens (tertiary/aromatic N) is 5. The average molecular weight is 761 g/mol. The van der Waals surface area contributed by atoms with Crippen molar-refractivity contribution in [1.82, 2.24) is 9.57 Å². The third kappa shape index (κ3) is 13.8. The van der Waals surface area contributed by atoms with Crippen LogP contribution in [-0.2, 0) is 13.8 Å². The minimum absolute atomic E-state index is 0.0543. The lowest BCUT2D eigenvalue weighted by Crippen LogP contribution is -2.36. The number of rotatable bonds is 18. The molecule has 0 saturated carbocycles. The summed E-state index contributed by atoms with van der Waals surface area (Å²) in [7, 11) is 1.93. The zero-order valence-electron chi connectivity index (χ0n) is 34.3. The minimum atomic E-state index is -1.40. The largest absolute Gasteiger partial charge is 0.400 e. The van der Waals surface area contributed by atoms with Crippen LogP contribution in [0.5, 0.6) is 0 Å². The van der Waals surface area contributed by atoms with Gasteiger partial charge in [0.2, 0.25) is 13.9 Å². The Labute approximate surface area is 325 Å². The number of hydrogen-bond donors (Lipinski definition) is 1. The number of carbonyl (C=O) groups excluding carboxylic acids is 1. The zero-order chi connectivity index (χ0) is 41.0. The number of amides is 1. The summed E-state index contributed by atoms with van der Waals surface area (Å²) in [6.07, 6.45) is 9.56. The fourth-order valence-corrected chi connectivity index (χ4v) is 7.77. The molecule has 290 valence electrons. The number of aliphatic hydroxyl groups excluding tert-OH is 1. The minimum Gasteiger partial charge on any atom is -0.400 e. The van der Waals surface area contributed by atoms with E-state index in [0.717, 1.165) is 34.5 Å². The molecule has 0 bridgehead atoms. The zero-order valence-corrected chi connectivity index (χ0v) is 33.2. The van der Waals surface area contributed by atoms with Gasteiger partial charge in [0.15, 0.2) is 0 Å². The van der Waals surface area contributed by atoms with Gasteiger partial charge in [-0.2, -0.15) is 0 Å². The van der Waals surface area contributed by atoms with E-state index >= 15 is 0 Å². The first kappa shape index (κ1) is 40.7. The molecule has 3 aromatic rings. The van der Waals surface area contributed by atoms with Gasteiger partial charge in [-0.1, -0.05) is 60.7 Å². The molecule has 1 amide bonds. The molecule has 1 fully saturated rings. The number of aliphatic hydroxyl groups is 1. The molecule has 1 N–H and O–H groups in total. The van der Waals surface area contributed by atoms with E-state index in [9.17, 15) is 14.9 Å². The second kappa shape index (κ2) is 22.7. The third-order valence-corrected chi connectivity index (χ3v) is 11.0. The lowest BCUT2D eigenvalue weighted by Gasteiger charge is -2.36. The summed E-state index contributed by atoms with van der Waals surface area (Å²) < 4.78 is 28.6. The smallest absolute Gasteiger partial charge is 0.269 e. The van der Waals surface area contributed by atoms with Crippen molar-refractivity contribution >= 4 is 50.1 Å². The van der Waals surface area contributed by atoms with Crippen LogP contribution in [0.3, 0.4) is 0 Å². The molecule has 3 aromatic carbocycles. The lowest BCUT2D eigenvalue weighted by atomic mass is 10.1. The van der Waals surface area contributed by atoms with Crippen molar-refractivity contribution in [2.45, 2.75) is 78.1 Å². The van der Waals surface area contributed by atoms with Crippen molar-refractivity contribution in [3.63, 3.8) is 0 Å². The van der Waals surface area contributed by atoms with Crippen molar-refractivity contribution in [3.8, 4) is 0 Å². The second-order valence-corrected chi connectivity index (χ2v) is 14.9. The van der Waals surface area contributed by atoms with Gasteiger partial charge < -0.3 is 28.8 Å². The Morgan fingerprint density at radius 3 is 2.00 bits per heavy atom. The number of hydrogen-bond acceptors (Lipinski definition) is 8.